The fraction of sp³-hybridized carbons (Fsp3) is 0.647. The second-order valence-corrected chi connectivity index (χ2v) is 8.16. The zero-order valence-electron chi connectivity index (χ0n) is 13.2. The van der Waals surface area contributed by atoms with Crippen LogP contribution in [0, 0.1) is 11.8 Å². The molecule has 2 saturated carbocycles. The molecule has 3 N–H and O–H groups in total. The highest BCUT2D eigenvalue weighted by Crippen LogP contribution is 2.45. The summed E-state index contributed by atoms with van der Waals surface area (Å²) in [7, 11) is -3.67. The second kappa shape index (κ2) is 7.57. The monoisotopic (exact) mass is 325 g/mol. The van der Waals surface area contributed by atoms with Crippen LogP contribution in [0.25, 0.3) is 0 Å². The van der Waals surface area contributed by atoms with Gasteiger partial charge in [-0.1, -0.05) is 56.0 Å². The first kappa shape index (κ1) is 17.4. The predicted octanol–water partition coefficient (Wildman–Crippen LogP) is 3.20. The van der Waals surface area contributed by atoms with Crippen molar-refractivity contribution in [1.29, 1.82) is 0 Å². The Balaban J connectivity index is 0.000000309. The molecule has 22 heavy (non-hydrogen) atoms. The van der Waals surface area contributed by atoms with E-state index >= 15 is 0 Å². The molecule has 0 aliphatic heterocycles. The highest BCUT2D eigenvalue weighted by molar-refractivity contribution is 7.85. The number of fused-ring (bicyclic) bond motifs is 1. The molecule has 4 nitrogen and oxygen atoms in total. The average Bonchev–Trinajstić information content (AvgIpc) is 2.46. The highest BCUT2D eigenvalue weighted by Gasteiger charge is 2.36. The minimum Gasteiger partial charge on any atom is -0.327 e. The van der Waals surface area contributed by atoms with Crippen LogP contribution >= 0.6 is 0 Å². The summed E-state index contributed by atoms with van der Waals surface area (Å²) in [6, 6.07) is 11.3. The summed E-state index contributed by atoms with van der Waals surface area (Å²) in [5, 5.41) is 0. The molecule has 0 radical (unpaired) electrons. The summed E-state index contributed by atoms with van der Waals surface area (Å²) >= 11 is 0. The Labute approximate surface area is 133 Å². The topological polar surface area (TPSA) is 80.4 Å². The fourth-order valence-electron chi connectivity index (χ4n) is 4.00. The maximum Gasteiger partial charge on any atom is 0.261 e. The number of benzene rings is 1. The lowest BCUT2D eigenvalue weighted by Gasteiger charge is -2.43. The molecule has 0 bridgehead atoms. The molecule has 1 aromatic rings. The van der Waals surface area contributed by atoms with Crippen LogP contribution in [-0.4, -0.2) is 25.3 Å². The molecule has 124 valence electrons. The van der Waals surface area contributed by atoms with Gasteiger partial charge in [0.2, 0.25) is 0 Å². The third kappa shape index (κ3) is 5.38. The largest absolute Gasteiger partial charge is 0.327 e. The van der Waals surface area contributed by atoms with E-state index in [4.69, 9.17) is 10.3 Å². The van der Waals surface area contributed by atoms with Crippen LogP contribution in [0.2, 0.25) is 0 Å². The van der Waals surface area contributed by atoms with Crippen LogP contribution in [-0.2, 0) is 10.1 Å². The number of rotatable bonds is 1. The van der Waals surface area contributed by atoms with Gasteiger partial charge >= 0.3 is 0 Å². The van der Waals surface area contributed by atoms with Crippen LogP contribution in [0.1, 0.15) is 50.0 Å². The van der Waals surface area contributed by atoms with E-state index in [0.29, 0.717) is 18.2 Å². The summed E-state index contributed by atoms with van der Waals surface area (Å²) in [6.07, 6.45) is 9.05. The molecule has 2 aliphatic rings. The highest BCUT2D eigenvalue weighted by atomic mass is 32.2. The van der Waals surface area contributed by atoms with E-state index in [-0.39, 0.29) is 0 Å². The van der Waals surface area contributed by atoms with E-state index < -0.39 is 10.1 Å². The number of hydrogen-bond acceptors (Lipinski definition) is 3. The van der Waals surface area contributed by atoms with Crippen molar-refractivity contribution in [1.82, 2.24) is 0 Å². The van der Waals surface area contributed by atoms with E-state index in [1.807, 2.05) is 0 Å². The number of hydrogen-bond donors (Lipinski definition) is 2. The molecule has 4 atom stereocenters. The molecule has 3 rings (SSSR count). The normalized spacial score (nSPS) is 31.6. The van der Waals surface area contributed by atoms with E-state index in [9.17, 15) is 8.42 Å². The van der Waals surface area contributed by atoms with E-state index in [0.717, 1.165) is 11.8 Å². The molecule has 0 aromatic heterocycles. The van der Waals surface area contributed by atoms with Crippen molar-refractivity contribution in [2.45, 2.75) is 50.5 Å². The molecule has 1 aromatic carbocycles. The maximum atomic E-state index is 9.19. The predicted molar refractivity (Wildman–Crippen MR) is 89.3 cm³/mol. The summed E-state index contributed by atoms with van der Waals surface area (Å²) in [5.41, 5.74) is 7.88. The standard InChI is InChI=1S/C16H23N.CH4O3S/c17-16-11-14-9-5-4-8-13(14)10-15(16)12-6-2-1-3-7-12;1-5(2,3)4/h1-3,6-7,13-16H,4-5,8-11,17H2;1H3,(H,2,3,4)/t13-,14-,15-,16+;/m1./s1. The van der Waals surface area contributed by atoms with Crippen LogP contribution in [0.3, 0.4) is 0 Å². The lowest BCUT2D eigenvalue weighted by Crippen LogP contribution is -2.40. The summed E-state index contributed by atoms with van der Waals surface area (Å²) in [5.74, 6) is 2.49. The van der Waals surface area contributed by atoms with Gasteiger partial charge in [0, 0.05) is 6.04 Å². The zero-order valence-corrected chi connectivity index (χ0v) is 14.0. The molecule has 0 unspecified atom stereocenters. The summed E-state index contributed by atoms with van der Waals surface area (Å²) in [6.45, 7) is 0. The summed E-state index contributed by atoms with van der Waals surface area (Å²) in [4.78, 5) is 0. The van der Waals surface area contributed by atoms with E-state index in [1.54, 1.807) is 0 Å². The third-order valence-corrected chi connectivity index (χ3v) is 4.94. The molecule has 5 heteroatoms. The van der Waals surface area contributed by atoms with Crippen molar-refractivity contribution in [2.24, 2.45) is 17.6 Å². The van der Waals surface area contributed by atoms with Gasteiger partial charge < -0.3 is 5.73 Å². The average molecular weight is 325 g/mol. The Morgan fingerprint density at radius 1 is 1.05 bits per heavy atom. The zero-order chi connectivity index (χ0) is 16.2. The van der Waals surface area contributed by atoms with Gasteiger partial charge in [-0.05, 0) is 36.2 Å². The Hall–Kier alpha value is -0.910. The molecular weight excluding hydrogens is 298 g/mol. The van der Waals surface area contributed by atoms with Crippen LogP contribution in [0.5, 0.6) is 0 Å². The molecule has 0 saturated heterocycles. The van der Waals surface area contributed by atoms with Gasteiger partial charge in [-0.3, -0.25) is 4.55 Å². The van der Waals surface area contributed by atoms with E-state index in [2.05, 4.69) is 30.3 Å². The maximum absolute atomic E-state index is 9.19. The van der Waals surface area contributed by atoms with Crippen molar-refractivity contribution < 1.29 is 13.0 Å². The lowest BCUT2D eigenvalue weighted by atomic mass is 9.64. The Morgan fingerprint density at radius 3 is 2.09 bits per heavy atom. The van der Waals surface area contributed by atoms with Crippen molar-refractivity contribution in [3.63, 3.8) is 0 Å². The van der Waals surface area contributed by atoms with Gasteiger partial charge in [0.15, 0.2) is 0 Å². The first-order chi connectivity index (χ1) is 10.3. The smallest absolute Gasteiger partial charge is 0.261 e. The Kier molecular flexibility index (Phi) is 6.01. The summed E-state index contributed by atoms with van der Waals surface area (Å²) < 4.78 is 25.9. The second-order valence-electron chi connectivity index (χ2n) is 6.69. The van der Waals surface area contributed by atoms with Gasteiger partial charge in [-0.25, -0.2) is 0 Å². The van der Waals surface area contributed by atoms with Gasteiger partial charge in [0.1, 0.15) is 0 Å². The van der Waals surface area contributed by atoms with Crippen molar-refractivity contribution in [2.75, 3.05) is 6.26 Å². The lowest BCUT2D eigenvalue weighted by molar-refractivity contribution is 0.139. The molecular formula is C17H27NO3S. The molecule has 0 amide bonds. The SMILES string of the molecule is CS(=O)(=O)O.N[C@H]1C[C@H]2CCCC[C@@H]2C[C@@H]1c1ccccc1. The van der Waals surface area contributed by atoms with E-state index in [1.165, 1.54) is 44.1 Å². The molecule has 2 aliphatic carbocycles. The van der Waals surface area contributed by atoms with Gasteiger partial charge in [-0.2, -0.15) is 8.42 Å². The fourth-order valence-corrected chi connectivity index (χ4v) is 4.00. The molecule has 0 spiro atoms. The first-order valence-electron chi connectivity index (χ1n) is 8.07. The van der Waals surface area contributed by atoms with Crippen molar-refractivity contribution in [3.8, 4) is 0 Å². The molecule has 0 heterocycles. The first-order valence-corrected chi connectivity index (χ1v) is 9.92. The number of nitrogens with two attached hydrogens (primary N) is 1. The Morgan fingerprint density at radius 2 is 1.55 bits per heavy atom. The van der Waals surface area contributed by atoms with Gasteiger partial charge in [-0.15, -0.1) is 0 Å². The van der Waals surface area contributed by atoms with Crippen LogP contribution in [0.4, 0.5) is 0 Å². The van der Waals surface area contributed by atoms with Crippen LogP contribution < -0.4 is 5.73 Å². The van der Waals surface area contributed by atoms with Crippen LogP contribution in [0.15, 0.2) is 30.3 Å². The minimum atomic E-state index is -3.67. The third-order valence-electron chi connectivity index (χ3n) is 4.94. The van der Waals surface area contributed by atoms with Gasteiger partial charge in [0.05, 0.1) is 6.26 Å². The van der Waals surface area contributed by atoms with Crippen molar-refractivity contribution in [3.05, 3.63) is 35.9 Å². The van der Waals surface area contributed by atoms with Gasteiger partial charge in [0.25, 0.3) is 10.1 Å². The quantitative estimate of drug-likeness (QED) is 0.777. The minimum absolute atomic E-state index is 0.386. The Bertz CT molecular complexity index is 551. The van der Waals surface area contributed by atoms with Crippen molar-refractivity contribution >= 4 is 10.1 Å². The molecule has 2 fully saturated rings.